The van der Waals surface area contributed by atoms with Crippen LogP contribution in [0.1, 0.15) is 37.8 Å². The van der Waals surface area contributed by atoms with E-state index in [1.54, 1.807) is 0 Å². The zero-order valence-electron chi connectivity index (χ0n) is 10.7. The molecule has 1 fully saturated rings. The molecule has 1 heterocycles. The third-order valence-electron chi connectivity index (χ3n) is 3.58. The van der Waals surface area contributed by atoms with E-state index in [9.17, 15) is 0 Å². The number of aromatic nitrogens is 1. The fourth-order valence-corrected chi connectivity index (χ4v) is 2.71. The Morgan fingerprint density at radius 2 is 2.18 bits per heavy atom. The summed E-state index contributed by atoms with van der Waals surface area (Å²) >= 11 is 0. The van der Waals surface area contributed by atoms with Crippen LogP contribution in [0.3, 0.4) is 0 Å². The summed E-state index contributed by atoms with van der Waals surface area (Å²) in [5.41, 5.74) is 8.06. The highest BCUT2D eigenvalue weighted by Gasteiger charge is 2.22. The van der Waals surface area contributed by atoms with Crippen molar-refractivity contribution in [2.45, 2.75) is 45.1 Å². The highest BCUT2D eigenvalue weighted by atomic mass is 15.2. The first-order valence-corrected chi connectivity index (χ1v) is 6.70. The van der Waals surface area contributed by atoms with Gasteiger partial charge in [0, 0.05) is 30.2 Å². The van der Waals surface area contributed by atoms with E-state index >= 15 is 0 Å². The van der Waals surface area contributed by atoms with Crippen molar-refractivity contribution in [3.8, 4) is 0 Å². The maximum absolute atomic E-state index is 5.64. The lowest BCUT2D eigenvalue weighted by molar-refractivity contribution is 0.593. The van der Waals surface area contributed by atoms with Crippen molar-refractivity contribution in [2.75, 3.05) is 18.0 Å². The highest BCUT2D eigenvalue weighted by Crippen LogP contribution is 2.28. The van der Waals surface area contributed by atoms with Gasteiger partial charge in [-0.15, -0.1) is 0 Å². The van der Waals surface area contributed by atoms with Gasteiger partial charge in [-0.05, 0) is 44.9 Å². The molecule has 1 aliphatic carbocycles. The lowest BCUT2D eigenvalue weighted by atomic mass is 10.1. The lowest BCUT2D eigenvalue weighted by Gasteiger charge is -2.31. The Hall–Kier alpha value is -1.09. The summed E-state index contributed by atoms with van der Waals surface area (Å²) < 4.78 is 0. The van der Waals surface area contributed by atoms with Gasteiger partial charge in [0.25, 0.3) is 0 Å². The number of anilines is 1. The van der Waals surface area contributed by atoms with E-state index < -0.39 is 0 Å². The Bertz CT molecular complexity index is 345. The molecule has 0 amide bonds. The molecule has 2 N–H and O–H groups in total. The Balaban J connectivity index is 2.13. The first-order valence-electron chi connectivity index (χ1n) is 6.70. The average molecular weight is 233 g/mol. The number of nitrogens with two attached hydrogens (primary N) is 1. The Labute approximate surface area is 104 Å². The molecule has 3 nitrogen and oxygen atoms in total. The van der Waals surface area contributed by atoms with Gasteiger partial charge in [0.15, 0.2) is 0 Å². The minimum Gasteiger partial charge on any atom is -0.368 e. The topological polar surface area (TPSA) is 42.1 Å². The Morgan fingerprint density at radius 1 is 1.41 bits per heavy atom. The van der Waals surface area contributed by atoms with Crippen molar-refractivity contribution in [2.24, 2.45) is 5.73 Å². The molecule has 3 heteroatoms. The molecule has 0 spiro atoms. The second kappa shape index (κ2) is 6.01. The molecule has 0 saturated heterocycles. The zero-order chi connectivity index (χ0) is 12.1. The summed E-state index contributed by atoms with van der Waals surface area (Å²) in [6.07, 6.45) is 8.37. The van der Waals surface area contributed by atoms with Gasteiger partial charge in [0.1, 0.15) is 0 Å². The van der Waals surface area contributed by atoms with Crippen molar-refractivity contribution in [1.29, 1.82) is 0 Å². The van der Waals surface area contributed by atoms with Gasteiger partial charge < -0.3 is 10.6 Å². The normalized spacial score (nSPS) is 16.4. The van der Waals surface area contributed by atoms with Crippen LogP contribution in [0.15, 0.2) is 18.3 Å². The van der Waals surface area contributed by atoms with Crippen molar-refractivity contribution in [3.05, 3.63) is 24.0 Å². The van der Waals surface area contributed by atoms with Gasteiger partial charge in [-0.25, -0.2) is 0 Å². The quantitative estimate of drug-likeness (QED) is 0.849. The molecule has 1 aliphatic rings. The molecule has 0 radical (unpaired) electrons. The molecule has 0 bridgehead atoms. The van der Waals surface area contributed by atoms with E-state index in [-0.39, 0.29) is 0 Å². The average Bonchev–Trinajstić information content (AvgIpc) is 2.83. The van der Waals surface area contributed by atoms with E-state index in [2.05, 4.69) is 28.9 Å². The SMILES string of the molecule is Cc1cc(N(CCCN)C2CCCC2)ccn1. The number of hydrogen-bond donors (Lipinski definition) is 1. The van der Waals surface area contributed by atoms with Crippen LogP contribution in [-0.2, 0) is 0 Å². The van der Waals surface area contributed by atoms with E-state index in [1.807, 2.05) is 6.20 Å². The van der Waals surface area contributed by atoms with Crippen LogP contribution < -0.4 is 10.6 Å². The van der Waals surface area contributed by atoms with E-state index in [0.717, 1.165) is 25.2 Å². The molecule has 2 rings (SSSR count). The van der Waals surface area contributed by atoms with Gasteiger partial charge >= 0.3 is 0 Å². The predicted octanol–water partition coefficient (Wildman–Crippen LogP) is 2.49. The monoisotopic (exact) mass is 233 g/mol. The molecule has 1 aromatic heterocycles. The summed E-state index contributed by atoms with van der Waals surface area (Å²) in [6, 6.07) is 5.03. The first-order chi connectivity index (χ1) is 8.31. The molecular weight excluding hydrogens is 210 g/mol. The number of aryl methyl sites for hydroxylation is 1. The molecule has 94 valence electrons. The molecule has 0 aromatic carbocycles. The van der Waals surface area contributed by atoms with Crippen molar-refractivity contribution >= 4 is 5.69 Å². The smallest absolute Gasteiger partial charge is 0.0402 e. The molecule has 1 saturated carbocycles. The molecule has 17 heavy (non-hydrogen) atoms. The van der Waals surface area contributed by atoms with Crippen molar-refractivity contribution in [3.63, 3.8) is 0 Å². The summed E-state index contributed by atoms with van der Waals surface area (Å²) in [4.78, 5) is 6.81. The van der Waals surface area contributed by atoms with Crippen molar-refractivity contribution in [1.82, 2.24) is 4.98 Å². The third kappa shape index (κ3) is 3.19. The van der Waals surface area contributed by atoms with Crippen molar-refractivity contribution < 1.29 is 0 Å². The molecule has 0 atom stereocenters. The van der Waals surface area contributed by atoms with Crippen LogP contribution in [-0.4, -0.2) is 24.1 Å². The van der Waals surface area contributed by atoms with Gasteiger partial charge in [-0.1, -0.05) is 12.8 Å². The first kappa shape index (κ1) is 12.4. The van der Waals surface area contributed by atoms with Crippen LogP contribution in [0.25, 0.3) is 0 Å². The number of nitrogens with zero attached hydrogens (tertiary/aromatic N) is 2. The standard InChI is InChI=1S/C14H23N3/c1-12-11-14(7-9-16-12)17(10-4-8-15)13-5-2-3-6-13/h7,9,11,13H,2-6,8,10,15H2,1H3. The largest absolute Gasteiger partial charge is 0.368 e. The lowest BCUT2D eigenvalue weighted by Crippen LogP contribution is -2.35. The van der Waals surface area contributed by atoms with Crippen LogP contribution in [0.2, 0.25) is 0 Å². The van der Waals surface area contributed by atoms with Gasteiger partial charge in [-0.3, -0.25) is 4.98 Å². The maximum atomic E-state index is 5.64. The summed E-state index contributed by atoms with van der Waals surface area (Å²) in [7, 11) is 0. The van der Waals surface area contributed by atoms with Gasteiger partial charge in [0.2, 0.25) is 0 Å². The number of hydrogen-bond acceptors (Lipinski definition) is 3. The summed E-state index contributed by atoms with van der Waals surface area (Å²) in [5, 5.41) is 0. The summed E-state index contributed by atoms with van der Waals surface area (Å²) in [5.74, 6) is 0. The number of pyridine rings is 1. The maximum Gasteiger partial charge on any atom is 0.0402 e. The molecule has 0 aliphatic heterocycles. The zero-order valence-corrected chi connectivity index (χ0v) is 10.7. The Morgan fingerprint density at radius 3 is 2.82 bits per heavy atom. The highest BCUT2D eigenvalue weighted by molar-refractivity contribution is 5.47. The fourth-order valence-electron chi connectivity index (χ4n) is 2.71. The second-order valence-electron chi connectivity index (χ2n) is 4.93. The van der Waals surface area contributed by atoms with Crippen LogP contribution in [0, 0.1) is 6.92 Å². The molecular formula is C14H23N3. The minimum atomic E-state index is 0.711. The molecule has 0 unspecified atom stereocenters. The second-order valence-corrected chi connectivity index (χ2v) is 4.93. The van der Waals surface area contributed by atoms with Gasteiger partial charge in [0.05, 0.1) is 0 Å². The van der Waals surface area contributed by atoms with E-state index in [0.29, 0.717) is 6.04 Å². The molecule has 1 aromatic rings. The number of rotatable bonds is 5. The fraction of sp³-hybridized carbons (Fsp3) is 0.643. The van der Waals surface area contributed by atoms with E-state index in [1.165, 1.54) is 31.4 Å². The predicted molar refractivity (Wildman–Crippen MR) is 72.2 cm³/mol. The Kier molecular flexibility index (Phi) is 4.37. The van der Waals surface area contributed by atoms with Gasteiger partial charge in [-0.2, -0.15) is 0 Å². The third-order valence-corrected chi connectivity index (χ3v) is 3.58. The van der Waals surface area contributed by atoms with E-state index in [4.69, 9.17) is 5.73 Å². The van der Waals surface area contributed by atoms with Crippen LogP contribution >= 0.6 is 0 Å². The van der Waals surface area contributed by atoms with Crippen LogP contribution in [0.5, 0.6) is 0 Å². The minimum absolute atomic E-state index is 0.711. The summed E-state index contributed by atoms with van der Waals surface area (Å²) in [6.45, 7) is 3.90. The van der Waals surface area contributed by atoms with Crippen LogP contribution in [0.4, 0.5) is 5.69 Å².